The van der Waals surface area contributed by atoms with Gasteiger partial charge in [-0.3, -0.25) is 4.79 Å². The molecule has 0 aromatic carbocycles. The van der Waals surface area contributed by atoms with E-state index in [2.05, 4.69) is 15.3 Å². The summed E-state index contributed by atoms with van der Waals surface area (Å²) in [4.78, 5) is 18.6. The molecule has 0 saturated heterocycles. The lowest BCUT2D eigenvalue weighted by molar-refractivity contribution is 0.444. The monoisotopic (exact) mass is 258 g/mol. The van der Waals surface area contributed by atoms with Crippen molar-refractivity contribution in [2.24, 2.45) is 7.05 Å². The number of nitrogens with zero attached hydrogens (tertiary/aromatic N) is 2. The van der Waals surface area contributed by atoms with Crippen LogP contribution in [0.15, 0.2) is 29.3 Å². The van der Waals surface area contributed by atoms with E-state index in [0.717, 1.165) is 37.3 Å². The molecule has 1 atom stereocenters. The van der Waals surface area contributed by atoms with Gasteiger partial charge in [0.1, 0.15) is 5.82 Å². The Morgan fingerprint density at radius 3 is 3.21 bits per heavy atom. The molecule has 5 nitrogen and oxygen atoms in total. The Bertz CT molecular complexity index is 628. The number of aromatic nitrogens is 3. The number of rotatable bonds is 3. The summed E-state index contributed by atoms with van der Waals surface area (Å²) in [6, 6.07) is 3.86. The van der Waals surface area contributed by atoms with Crippen molar-refractivity contribution in [3.8, 4) is 0 Å². The first-order valence-electron chi connectivity index (χ1n) is 6.66. The van der Waals surface area contributed by atoms with Crippen molar-refractivity contribution >= 4 is 0 Å². The fourth-order valence-corrected chi connectivity index (χ4v) is 2.69. The van der Waals surface area contributed by atoms with Gasteiger partial charge in [-0.15, -0.1) is 0 Å². The van der Waals surface area contributed by atoms with Crippen molar-refractivity contribution in [1.29, 1.82) is 0 Å². The summed E-state index contributed by atoms with van der Waals surface area (Å²) in [5, 5.41) is 3.54. The maximum atomic E-state index is 11.3. The summed E-state index contributed by atoms with van der Waals surface area (Å²) in [5.41, 5.74) is 2.29. The van der Waals surface area contributed by atoms with Crippen LogP contribution in [0.5, 0.6) is 0 Å². The van der Waals surface area contributed by atoms with Crippen molar-refractivity contribution in [1.82, 2.24) is 19.9 Å². The Morgan fingerprint density at radius 1 is 1.53 bits per heavy atom. The van der Waals surface area contributed by atoms with Gasteiger partial charge in [0, 0.05) is 37.2 Å². The highest BCUT2D eigenvalue weighted by Crippen LogP contribution is 2.27. The van der Waals surface area contributed by atoms with E-state index in [0.29, 0.717) is 6.04 Å². The summed E-state index contributed by atoms with van der Waals surface area (Å²) in [5.74, 6) is 1.02. The number of hydrogen-bond acceptors (Lipinski definition) is 3. The van der Waals surface area contributed by atoms with Crippen molar-refractivity contribution < 1.29 is 0 Å². The molecule has 0 saturated carbocycles. The molecule has 0 spiro atoms. The first-order valence-corrected chi connectivity index (χ1v) is 6.66. The second-order valence-electron chi connectivity index (χ2n) is 5.04. The van der Waals surface area contributed by atoms with Crippen LogP contribution in [0.25, 0.3) is 0 Å². The first kappa shape index (κ1) is 12.2. The molecule has 0 bridgehead atoms. The Kier molecular flexibility index (Phi) is 3.21. The van der Waals surface area contributed by atoms with Crippen LogP contribution in [0, 0.1) is 0 Å². The maximum absolute atomic E-state index is 11.3. The molecular formula is C14H18N4O. The minimum atomic E-state index is -0.0106. The Labute approximate surface area is 111 Å². The van der Waals surface area contributed by atoms with Crippen molar-refractivity contribution in [2.45, 2.75) is 31.8 Å². The SMILES string of the molecule is Cn1ccnc1CNC1CCCc2[nH]c(=O)ccc21. The maximum Gasteiger partial charge on any atom is 0.248 e. The van der Waals surface area contributed by atoms with E-state index in [-0.39, 0.29) is 5.56 Å². The van der Waals surface area contributed by atoms with E-state index in [1.807, 2.05) is 30.1 Å². The van der Waals surface area contributed by atoms with Gasteiger partial charge in [0.25, 0.3) is 0 Å². The smallest absolute Gasteiger partial charge is 0.248 e. The Hall–Kier alpha value is -1.88. The van der Waals surface area contributed by atoms with Gasteiger partial charge in [0.15, 0.2) is 0 Å². The van der Waals surface area contributed by atoms with Crippen molar-refractivity contribution in [2.75, 3.05) is 0 Å². The number of imidazole rings is 1. The third-order valence-corrected chi connectivity index (χ3v) is 3.76. The molecule has 2 N–H and O–H groups in total. The van der Waals surface area contributed by atoms with Gasteiger partial charge in [0.2, 0.25) is 5.56 Å². The summed E-state index contributed by atoms with van der Waals surface area (Å²) >= 11 is 0. The molecular weight excluding hydrogens is 240 g/mol. The van der Waals surface area contributed by atoms with Gasteiger partial charge in [0.05, 0.1) is 6.54 Å². The minimum absolute atomic E-state index is 0.0106. The van der Waals surface area contributed by atoms with E-state index >= 15 is 0 Å². The topological polar surface area (TPSA) is 62.7 Å². The highest BCUT2D eigenvalue weighted by Gasteiger charge is 2.20. The first-order chi connectivity index (χ1) is 9.24. The summed E-state index contributed by atoms with van der Waals surface area (Å²) < 4.78 is 2.02. The van der Waals surface area contributed by atoms with Crippen LogP contribution in [-0.4, -0.2) is 14.5 Å². The summed E-state index contributed by atoms with van der Waals surface area (Å²) in [6.07, 6.45) is 6.92. The molecule has 0 fully saturated rings. The fourth-order valence-electron chi connectivity index (χ4n) is 2.69. The van der Waals surface area contributed by atoms with Gasteiger partial charge in [-0.25, -0.2) is 4.98 Å². The second kappa shape index (κ2) is 5.01. The van der Waals surface area contributed by atoms with Gasteiger partial charge in [-0.05, 0) is 24.8 Å². The van der Waals surface area contributed by atoms with Crippen LogP contribution in [0.4, 0.5) is 0 Å². The average Bonchev–Trinajstić information content (AvgIpc) is 2.81. The molecule has 2 heterocycles. The van der Waals surface area contributed by atoms with Crippen LogP contribution < -0.4 is 10.9 Å². The van der Waals surface area contributed by atoms with Crippen molar-refractivity contribution in [3.05, 3.63) is 52.0 Å². The molecule has 2 aromatic rings. The lowest BCUT2D eigenvalue weighted by Gasteiger charge is -2.25. The highest BCUT2D eigenvalue weighted by molar-refractivity contribution is 5.26. The molecule has 3 rings (SSSR count). The number of aromatic amines is 1. The molecule has 100 valence electrons. The summed E-state index contributed by atoms with van der Waals surface area (Å²) in [7, 11) is 2.00. The van der Waals surface area contributed by atoms with Crippen LogP contribution in [-0.2, 0) is 20.0 Å². The number of hydrogen-bond donors (Lipinski definition) is 2. The molecule has 5 heteroatoms. The van der Waals surface area contributed by atoms with Gasteiger partial charge < -0.3 is 14.9 Å². The predicted molar refractivity (Wildman–Crippen MR) is 72.8 cm³/mol. The highest BCUT2D eigenvalue weighted by atomic mass is 16.1. The minimum Gasteiger partial charge on any atom is -0.337 e. The number of fused-ring (bicyclic) bond motifs is 1. The van der Waals surface area contributed by atoms with E-state index in [9.17, 15) is 4.79 Å². The lowest BCUT2D eigenvalue weighted by atomic mass is 9.91. The molecule has 0 aliphatic heterocycles. The van der Waals surface area contributed by atoms with E-state index < -0.39 is 0 Å². The van der Waals surface area contributed by atoms with Gasteiger partial charge >= 0.3 is 0 Å². The average molecular weight is 258 g/mol. The van der Waals surface area contributed by atoms with Gasteiger partial charge in [-0.2, -0.15) is 0 Å². The third kappa shape index (κ3) is 2.46. The van der Waals surface area contributed by atoms with Crippen LogP contribution >= 0.6 is 0 Å². The zero-order chi connectivity index (χ0) is 13.2. The molecule has 0 amide bonds. The molecule has 1 unspecified atom stereocenters. The summed E-state index contributed by atoms with van der Waals surface area (Å²) in [6.45, 7) is 0.743. The standard InChI is InChI=1S/C14H18N4O/c1-18-8-7-15-13(18)9-16-11-3-2-4-12-10(11)5-6-14(19)17-12/h5-8,11,16H,2-4,9H2,1H3,(H,17,19). The normalized spacial score (nSPS) is 18.3. The van der Waals surface area contributed by atoms with Gasteiger partial charge in [-0.1, -0.05) is 6.07 Å². The Balaban J connectivity index is 1.77. The number of nitrogens with one attached hydrogen (secondary N) is 2. The number of aryl methyl sites for hydroxylation is 2. The third-order valence-electron chi connectivity index (χ3n) is 3.76. The predicted octanol–water partition coefficient (Wildman–Crippen LogP) is 1.28. The van der Waals surface area contributed by atoms with E-state index in [1.54, 1.807) is 6.07 Å². The number of pyridine rings is 1. The quantitative estimate of drug-likeness (QED) is 0.871. The molecule has 2 aromatic heterocycles. The van der Waals surface area contributed by atoms with Crippen LogP contribution in [0.1, 0.15) is 36.0 Å². The lowest BCUT2D eigenvalue weighted by Crippen LogP contribution is -2.27. The zero-order valence-electron chi connectivity index (χ0n) is 11.0. The molecule has 19 heavy (non-hydrogen) atoms. The van der Waals surface area contributed by atoms with E-state index in [4.69, 9.17) is 0 Å². The zero-order valence-corrected chi connectivity index (χ0v) is 11.0. The van der Waals surface area contributed by atoms with Crippen LogP contribution in [0.2, 0.25) is 0 Å². The number of H-pyrrole nitrogens is 1. The molecule has 1 aliphatic carbocycles. The molecule has 1 aliphatic rings. The van der Waals surface area contributed by atoms with Crippen molar-refractivity contribution in [3.63, 3.8) is 0 Å². The Morgan fingerprint density at radius 2 is 2.42 bits per heavy atom. The van der Waals surface area contributed by atoms with Crippen LogP contribution in [0.3, 0.4) is 0 Å². The largest absolute Gasteiger partial charge is 0.337 e. The second-order valence-corrected chi connectivity index (χ2v) is 5.04. The van der Waals surface area contributed by atoms with E-state index in [1.165, 1.54) is 5.56 Å². The molecule has 0 radical (unpaired) electrons. The fraction of sp³-hybridized carbons (Fsp3) is 0.429.